The maximum atomic E-state index is 12.8. The largest absolute Gasteiger partial charge is 0.397 e. The van der Waals surface area contributed by atoms with Crippen LogP contribution in [0.3, 0.4) is 0 Å². The zero-order valence-corrected chi connectivity index (χ0v) is 13.3. The highest BCUT2D eigenvalue weighted by atomic mass is 16.2. The molecule has 5 nitrogen and oxygen atoms in total. The molecule has 1 heterocycles. The Balaban J connectivity index is 1.75. The van der Waals surface area contributed by atoms with Gasteiger partial charge in [0.2, 0.25) is 0 Å². The summed E-state index contributed by atoms with van der Waals surface area (Å²) in [6.45, 7) is 0.786. The van der Waals surface area contributed by atoms with Crippen molar-refractivity contribution in [3.8, 4) is 0 Å². The van der Waals surface area contributed by atoms with Crippen LogP contribution in [0.2, 0.25) is 0 Å². The fraction of sp³-hybridized carbons (Fsp3) is 0.688. The molecule has 0 saturated heterocycles. The zero-order valence-electron chi connectivity index (χ0n) is 13.3. The van der Waals surface area contributed by atoms with E-state index >= 15 is 0 Å². The van der Waals surface area contributed by atoms with Crippen LogP contribution in [0, 0.1) is 0 Å². The second-order valence-corrected chi connectivity index (χ2v) is 6.93. The first-order valence-corrected chi connectivity index (χ1v) is 7.83. The summed E-state index contributed by atoms with van der Waals surface area (Å²) in [6, 6.07) is 2.29. The zero-order chi connectivity index (χ0) is 15.2. The molecule has 2 aliphatic carbocycles. The summed E-state index contributed by atoms with van der Waals surface area (Å²) < 4.78 is 2.07. The van der Waals surface area contributed by atoms with Crippen LogP contribution in [-0.4, -0.2) is 53.5 Å². The Hall–Kier alpha value is -1.49. The first-order chi connectivity index (χ1) is 9.93. The monoisotopic (exact) mass is 290 g/mol. The van der Waals surface area contributed by atoms with Crippen LogP contribution in [0.4, 0.5) is 5.69 Å². The minimum absolute atomic E-state index is 0.0896. The molecule has 3 rings (SSSR count). The average molecular weight is 290 g/mol. The number of carbonyl (C=O) groups excluding carboxylic acids is 1. The fourth-order valence-corrected chi connectivity index (χ4v) is 3.37. The smallest absolute Gasteiger partial charge is 0.270 e. The molecule has 0 bridgehead atoms. The normalized spacial score (nSPS) is 20.4. The molecule has 116 valence electrons. The number of anilines is 1. The quantitative estimate of drug-likeness (QED) is 0.902. The van der Waals surface area contributed by atoms with Crippen LogP contribution >= 0.6 is 0 Å². The molecule has 1 aromatic rings. The molecule has 2 aliphatic rings. The molecule has 2 fully saturated rings. The van der Waals surface area contributed by atoms with Crippen molar-refractivity contribution in [3.05, 3.63) is 18.0 Å². The number of nitrogen functional groups attached to an aromatic ring is 1. The van der Waals surface area contributed by atoms with Gasteiger partial charge in [0.1, 0.15) is 5.69 Å². The number of likely N-dealkylation sites (N-methyl/N-ethyl adjacent to an activating group) is 2. The maximum absolute atomic E-state index is 12.8. The van der Waals surface area contributed by atoms with Gasteiger partial charge in [0.15, 0.2) is 0 Å². The summed E-state index contributed by atoms with van der Waals surface area (Å²) in [5, 5.41) is 0. The lowest BCUT2D eigenvalue weighted by atomic mass is 9.75. The third-order valence-electron chi connectivity index (χ3n) is 5.14. The molecule has 1 aromatic heterocycles. The predicted molar refractivity (Wildman–Crippen MR) is 84.3 cm³/mol. The van der Waals surface area contributed by atoms with Gasteiger partial charge in [0, 0.05) is 31.4 Å². The molecule has 0 atom stereocenters. The standard InChI is InChI=1S/C16H26N4O/c1-18(2)16(7-4-8-16)11-19(3)15(21)14-9-12(17)10-20(14)13-5-6-13/h9-10,13H,4-8,11,17H2,1-3H3. The summed E-state index contributed by atoms with van der Waals surface area (Å²) in [5.41, 5.74) is 7.48. The van der Waals surface area contributed by atoms with E-state index in [0.717, 1.165) is 25.1 Å². The molecule has 2 N–H and O–H groups in total. The predicted octanol–water partition coefficient (Wildman–Crippen LogP) is 1.96. The van der Waals surface area contributed by atoms with Gasteiger partial charge in [0.05, 0.1) is 5.69 Å². The highest BCUT2D eigenvalue weighted by Gasteiger charge is 2.41. The molecule has 0 spiro atoms. The van der Waals surface area contributed by atoms with Gasteiger partial charge in [-0.3, -0.25) is 4.79 Å². The van der Waals surface area contributed by atoms with Crippen molar-refractivity contribution in [2.75, 3.05) is 33.4 Å². The summed E-state index contributed by atoms with van der Waals surface area (Å²) in [6.07, 6.45) is 7.81. The number of hydrogen-bond donors (Lipinski definition) is 1. The van der Waals surface area contributed by atoms with Gasteiger partial charge in [0.25, 0.3) is 5.91 Å². The number of carbonyl (C=O) groups is 1. The maximum Gasteiger partial charge on any atom is 0.270 e. The van der Waals surface area contributed by atoms with Crippen molar-refractivity contribution in [2.24, 2.45) is 0 Å². The molecule has 2 saturated carbocycles. The van der Waals surface area contributed by atoms with E-state index in [9.17, 15) is 4.79 Å². The molecule has 0 radical (unpaired) electrons. The number of hydrogen-bond acceptors (Lipinski definition) is 3. The second kappa shape index (κ2) is 5.05. The Labute approximate surface area is 126 Å². The van der Waals surface area contributed by atoms with Crippen LogP contribution in [0.15, 0.2) is 12.3 Å². The summed E-state index contributed by atoms with van der Waals surface area (Å²) in [4.78, 5) is 16.9. The topological polar surface area (TPSA) is 54.5 Å². The number of rotatable bonds is 5. The lowest BCUT2D eigenvalue weighted by Gasteiger charge is -2.49. The SMILES string of the molecule is CN(CC1(N(C)C)CCC1)C(=O)c1cc(N)cn1C1CC1. The van der Waals surface area contributed by atoms with Crippen molar-refractivity contribution in [1.29, 1.82) is 0 Å². The molecule has 0 unspecified atom stereocenters. The van der Waals surface area contributed by atoms with Crippen LogP contribution in [0.1, 0.15) is 48.6 Å². The van der Waals surface area contributed by atoms with E-state index in [1.165, 1.54) is 19.3 Å². The van der Waals surface area contributed by atoms with Crippen molar-refractivity contribution in [3.63, 3.8) is 0 Å². The Morgan fingerprint density at radius 1 is 1.38 bits per heavy atom. The second-order valence-electron chi connectivity index (χ2n) is 6.93. The molecular formula is C16H26N4O. The molecule has 21 heavy (non-hydrogen) atoms. The number of aromatic nitrogens is 1. The first-order valence-electron chi connectivity index (χ1n) is 7.83. The molecule has 0 aliphatic heterocycles. The van der Waals surface area contributed by atoms with Crippen molar-refractivity contribution >= 4 is 11.6 Å². The minimum Gasteiger partial charge on any atom is -0.397 e. The van der Waals surface area contributed by atoms with E-state index in [1.54, 1.807) is 0 Å². The van der Waals surface area contributed by atoms with Gasteiger partial charge in [-0.05, 0) is 52.3 Å². The van der Waals surface area contributed by atoms with Gasteiger partial charge in [-0.1, -0.05) is 0 Å². The van der Waals surface area contributed by atoms with Gasteiger partial charge < -0.3 is 20.1 Å². The van der Waals surface area contributed by atoms with Crippen molar-refractivity contribution in [1.82, 2.24) is 14.4 Å². The van der Waals surface area contributed by atoms with E-state index in [4.69, 9.17) is 5.73 Å². The average Bonchev–Trinajstić information content (AvgIpc) is 3.15. The summed E-state index contributed by atoms with van der Waals surface area (Å²) in [5.74, 6) is 0.0896. The third kappa shape index (κ3) is 2.55. The van der Waals surface area contributed by atoms with Crippen LogP contribution in [0.5, 0.6) is 0 Å². The first kappa shape index (κ1) is 14.4. The van der Waals surface area contributed by atoms with Gasteiger partial charge in [-0.25, -0.2) is 0 Å². The highest BCUT2D eigenvalue weighted by Crippen LogP contribution is 2.39. The fourth-order valence-electron chi connectivity index (χ4n) is 3.37. The summed E-state index contributed by atoms with van der Waals surface area (Å²) in [7, 11) is 6.14. The van der Waals surface area contributed by atoms with Gasteiger partial charge in [-0.15, -0.1) is 0 Å². The lowest BCUT2D eigenvalue weighted by Crippen LogP contribution is -2.57. The number of nitrogens with two attached hydrogens (primary N) is 1. The van der Waals surface area contributed by atoms with E-state index in [-0.39, 0.29) is 11.4 Å². The minimum atomic E-state index is 0.0896. The summed E-state index contributed by atoms with van der Waals surface area (Å²) >= 11 is 0. The van der Waals surface area contributed by atoms with Gasteiger partial charge >= 0.3 is 0 Å². The van der Waals surface area contributed by atoms with Crippen LogP contribution in [-0.2, 0) is 0 Å². The highest BCUT2D eigenvalue weighted by molar-refractivity contribution is 5.93. The lowest BCUT2D eigenvalue weighted by molar-refractivity contribution is 0.0248. The Kier molecular flexibility index (Phi) is 3.48. The third-order valence-corrected chi connectivity index (χ3v) is 5.14. The van der Waals surface area contributed by atoms with E-state index in [2.05, 4.69) is 23.6 Å². The van der Waals surface area contributed by atoms with Gasteiger partial charge in [-0.2, -0.15) is 0 Å². The molecule has 0 aromatic carbocycles. The van der Waals surface area contributed by atoms with E-state index < -0.39 is 0 Å². The molecule has 5 heteroatoms. The van der Waals surface area contributed by atoms with E-state index in [0.29, 0.717) is 11.7 Å². The van der Waals surface area contributed by atoms with Crippen LogP contribution in [0.25, 0.3) is 0 Å². The number of amides is 1. The number of nitrogens with zero attached hydrogens (tertiary/aromatic N) is 3. The van der Waals surface area contributed by atoms with Crippen molar-refractivity contribution in [2.45, 2.75) is 43.7 Å². The molecular weight excluding hydrogens is 264 g/mol. The van der Waals surface area contributed by atoms with Crippen LogP contribution < -0.4 is 5.73 Å². The van der Waals surface area contributed by atoms with E-state index in [1.807, 2.05) is 24.2 Å². The Bertz CT molecular complexity index is 540. The Morgan fingerprint density at radius 3 is 2.52 bits per heavy atom. The molecule has 1 amide bonds. The van der Waals surface area contributed by atoms with Crippen molar-refractivity contribution < 1.29 is 4.79 Å². The Morgan fingerprint density at radius 2 is 2.05 bits per heavy atom.